The van der Waals surface area contributed by atoms with Crippen LogP contribution in [0.4, 0.5) is 11.4 Å². The number of aromatic nitrogens is 1. The maximum atomic E-state index is 11.0. The number of rotatable bonds is 5. The van der Waals surface area contributed by atoms with Crippen LogP contribution < -0.4 is 15.4 Å². The van der Waals surface area contributed by atoms with E-state index in [0.717, 1.165) is 16.9 Å². The SMILES string of the molecule is COc1ccc(N[C@@H](C)c2ccc(NC(C)=O)cc2)cn1. The van der Waals surface area contributed by atoms with Gasteiger partial charge in [0, 0.05) is 24.7 Å². The maximum absolute atomic E-state index is 11.0. The summed E-state index contributed by atoms with van der Waals surface area (Å²) >= 11 is 0. The van der Waals surface area contributed by atoms with Crippen LogP contribution >= 0.6 is 0 Å². The highest BCUT2D eigenvalue weighted by molar-refractivity contribution is 5.88. The van der Waals surface area contributed by atoms with Gasteiger partial charge in [-0.25, -0.2) is 4.98 Å². The molecule has 1 aromatic carbocycles. The Balaban J connectivity index is 2.01. The van der Waals surface area contributed by atoms with Crippen molar-refractivity contribution >= 4 is 17.3 Å². The Hall–Kier alpha value is -2.56. The van der Waals surface area contributed by atoms with Crippen LogP contribution in [0.15, 0.2) is 42.6 Å². The van der Waals surface area contributed by atoms with Crippen molar-refractivity contribution < 1.29 is 9.53 Å². The summed E-state index contributed by atoms with van der Waals surface area (Å²) in [6.07, 6.45) is 1.74. The third-order valence-electron chi connectivity index (χ3n) is 3.06. The molecule has 1 aromatic heterocycles. The number of nitrogens with one attached hydrogen (secondary N) is 2. The molecule has 0 saturated heterocycles. The molecular weight excluding hydrogens is 266 g/mol. The largest absolute Gasteiger partial charge is 0.481 e. The number of hydrogen-bond donors (Lipinski definition) is 2. The molecule has 2 rings (SSSR count). The quantitative estimate of drug-likeness (QED) is 0.885. The first-order chi connectivity index (χ1) is 10.1. The molecule has 1 amide bonds. The normalized spacial score (nSPS) is 11.6. The lowest BCUT2D eigenvalue weighted by atomic mass is 10.1. The fourth-order valence-corrected chi connectivity index (χ4v) is 1.98. The van der Waals surface area contributed by atoms with Gasteiger partial charge >= 0.3 is 0 Å². The highest BCUT2D eigenvalue weighted by atomic mass is 16.5. The summed E-state index contributed by atoms with van der Waals surface area (Å²) in [4.78, 5) is 15.1. The standard InChI is InChI=1S/C16H19N3O2/c1-11(18-15-8-9-16(21-3)17-10-15)13-4-6-14(7-5-13)19-12(2)20/h4-11,18H,1-3H3,(H,19,20)/t11-/m0/s1. The van der Waals surface area contributed by atoms with Crippen molar-refractivity contribution in [3.63, 3.8) is 0 Å². The zero-order valence-corrected chi connectivity index (χ0v) is 12.4. The number of hydrogen-bond acceptors (Lipinski definition) is 4. The molecule has 110 valence electrons. The second-order valence-electron chi connectivity index (χ2n) is 4.76. The van der Waals surface area contributed by atoms with E-state index in [4.69, 9.17) is 4.74 Å². The summed E-state index contributed by atoms with van der Waals surface area (Å²) in [6, 6.07) is 11.6. The minimum absolute atomic E-state index is 0.0711. The van der Waals surface area contributed by atoms with Gasteiger partial charge in [0.2, 0.25) is 11.8 Å². The van der Waals surface area contributed by atoms with E-state index < -0.39 is 0 Å². The first-order valence-corrected chi connectivity index (χ1v) is 6.72. The van der Waals surface area contributed by atoms with Gasteiger partial charge in [0.15, 0.2) is 0 Å². The minimum atomic E-state index is -0.0711. The van der Waals surface area contributed by atoms with Gasteiger partial charge in [-0.05, 0) is 30.7 Å². The van der Waals surface area contributed by atoms with Crippen molar-refractivity contribution in [2.75, 3.05) is 17.7 Å². The Labute approximate surface area is 124 Å². The number of carbonyl (C=O) groups excluding carboxylic acids is 1. The van der Waals surface area contributed by atoms with Crippen LogP contribution in [0.5, 0.6) is 5.88 Å². The van der Waals surface area contributed by atoms with Crippen LogP contribution in [0.2, 0.25) is 0 Å². The molecule has 0 spiro atoms. The molecule has 0 aliphatic heterocycles. The fourth-order valence-electron chi connectivity index (χ4n) is 1.98. The van der Waals surface area contributed by atoms with Gasteiger partial charge in [0.05, 0.1) is 19.0 Å². The minimum Gasteiger partial charge on any atom is -0.481 e. The molecule has 2 N–H and O–H groups in total. The molecule has 0 bridgehead atoms. The van der Waals surface area contributed by atoms with Crippen molar-refractivity contribution in [3.05, 3.63) is 48.2 Å². The summed E-state index contributed by atoms with van der Waals surface area (Å²) in [5.41, 5.74) is 2.85. The summed E-state index contributed by atoms with van der Waals surface area (Å²) in [5.74, 6) is 0.520. The number of benzene rings is 1. The maximum Gasteiger partial charge on any atom is 0.221 e. The van der Waals surface area contributed by atoms with E-state index >= 15 is 0 Å². The van der Waals surface area contributed by atoms with Crippen molar-refractivity contribution in [1.29, 1.82) is 0 Å². The van der Waals surface area contributed by atoms with Gasteiger partial charge in [0.1, 0.15) is 0 Å². The van der Waals surface area contributed by atoms with E-state index in [2.05, 4.69) is 22.5 Å². The third-order valence-corrected chi connectivity index (χ3v) is 3.06. The van der Waals surface area contributed by atoms with E-state index in [9.17, 15) is 4.79 Å². The van der Waals surface area contributed by atoms with Gasteiger partial charge < -0.3 is 15.4 Å². The summed E-state index contributed by atoms with van der Waals surface area (Å²) in [7, 11) is 1.59. The van der Waals surface area contributed by atoms with E-state index in [1.165, 1.54) is 6.92 Å². The molecule has 2 aromatic rings. The number of anilines is 2. The molecule has 0 unspecified atom stereocenters. The summed E-state index contributed by atoms with van der Waals surface area (Å²) < 4.78 is 5.03. The lowest BCUT2D eigenvalue weighted by Crippen LogP contribution is -2.08. The Morgan fingerprint density at radius 3 is 2.33 bits per heavy atom. The third kappa shape index (κ3) is 4.21. The van der Waals surface area contributed by atoms with Crippen LogP contribution in [-0.4, -0.2) is 18.0 Å². The zero-order chi connectivity index (χ0) is 15.2. The first-order valence-electron chi connectivity index (χ1n) is 6.72. The molecule has 21 heavy (non-hydrogen) atoms. The number of nitrogens with zero attached hydrogens (tertiary/aromatic N) is 1. The van der Waals surface area contributed by atoms with Crippen molar-refractivity contribution in [3.8, 4) is 5.88 Å². The summed E-state index contributed by atoms with van der Waals surface area (Å²) in [5, 5.41) is 6.11. The second kappa shape index (κ2) is 6.74. The molecule has 0 radical (unpaired) electrons. The van der Waals surface area contributed by atoms with Gasteiger partial charge in [-0.3, -0.25) is 4.79 Å². The van der Waals surface area contributed by atoms with Crippen molar-refractivity contribution in [1.82, 2.24) is 4.98 Å². The average molecular weight is 285 g/mol. The van der Waals surface area contributed by atoms with E-state index in [0.29, 0.717) is 5.88 Å². The van der Waals surface area contributed by atoms with Gasteiger partial charge in [0.25, 0.3) is 0 Å². The van der Waals surface area contributed by atoms with Crippen LogP contribution in [0.25, 0.3) is 0 Å². The number of amides is 1. The Kier molecular flexibility index (Phi) is 4.77. The van der Waals surface area contributed by atoms with Gasteiger partial charge in [-0.15, -0.1) is 0 Å². The predicted molar refractivity (Wildman–Crippen MR) is 83.6 cm³/mol. The average Bonchev–Trinajstić information content (AvgIpc) is 2.48. The number of carbonyl (C=O) groups is 1. The van der Waals surface area contributed by atoms with Crippen LogP contribution in [0, 0.1) is 0 Å². The van der Waals surface area contributed by atoms with Crippen LogP contribution in [-0.2, 0) is 4.79 Å². The van der Waals surface area contributed by atoms with E-state index in [1.54, 1.807) is 13.3 Å². The van der Waals surface area contributed by atoms with Gasteiger partial charge in [-0.2, -0.15) is 0 Å². The van der Waals surface area contributed by atoms with Crippen molar-refractivity contribution in [2.24, 2.45) is 0 Å². The lowest BCUT2D eigenvalue weighted by molar-refractivity contribution is -0.114. The highest BCUT2D eigenvalue weighted by Crippen LogP contribution is 2.21. The van der Waals surface area contributed by atoms with Crippen LogP contribution in [0.3, 0.4) is 0 Å². The van der Waals surface area contributed by atoms with Gasteiger partial charge in [-0.1, -0.05) is 12.1 Å². The molecule has 0 aliphatic carbocycles. The first kappa shape index (κ1) is 14.8. The molecule has 0 saturated carbocycles. The topological polar surface area (TPSA) is 63.2 Å². The Morgan fingerprint density at radius 1 is 1.14 bits per heavy atom. The molecule has 1 heterocycles. The van der Waals surface area contributed by atoms with Crippen molar-refractivity contribution in [2.45, 2.75) is 19.9 Å². The lowest BCUT2D eigenvalue weighted by Gasteiger charge is -2.16. The Bertz CT molecular complexity index is 594. The number of pyridine rings is 1. The predicted octanol–water partition coefficient (Wildman–Crippen LogP) is 3.22. The van der Waals surface area contributed by atoms with E-state index in [1.807, 2.05) is 36.4 Å². The molecule has 1 atom stereocenters. The molecule has 5 heteroatoms. The molecule has 0 aliphatic rings. The molecule has 0 fully saturated rings. The number of ether oxygens (including phenoxy) is 1. The summed E-state index contributed by atoms with van der Waals surface area (Å²) in [6.45, 7) is 3.56. The van der Waals surface area contributed by atoms with E-state index in [-0.39, 0.29) is 11.9 Å². The molecular formula is C16H19N3O2. The number of methoxy groups -OCH3 is 1. The Morgan fingerprint density at radius 2 is 1.81 bits per heavy atom. The monoisotopic (exact) mass is 285 g/mol. The smallest absolute Gasteiger partial charge is 0.221 e. The second-order valence-corrected chi connectivity index (χ2v) is 4.76. The fraction of sp³-hybridized carbons (Fsp3) is 0.250. The van der Waals surface area contributed by atoms with Crippen LogP contribution in [0.1, 0.15) is 25.5 Å². The molecule has 5 nitrogen and oxygen atoms in total. The zero-order valence-electron chi connectivity index (χ0n) is 12.4. The highest BCUT2D eigenvalue weighted by Gasteiger charge is 2.06.